The number of hydrogen-bond donors (Lipinski definition) is 1. The van der Waals surface area contributed by atoms with Crippen molar-refractivity contribution in [2.75, 3.05) is 26.2 Å². The lowest BCUT2D eigenvalue weighted by Gasteiger charge is -2.25. The van der Waals surface area contributed by atoms with Crippen LogP contribution in [0.4, 0.5) is 0 Å². The third-order valence-electron chi connectivity index (χ3n) is 4.72. The summed E-state index contributed by atoms with van der Waals surface area (Å²) in [5.41, 5.74) is 0.684. The van der Waals surface area contributed by atoms with Gasteiger partial charge in [0.2, 0.25) is 20.0 Å². The first-order valence-corrected chi connectivity index (χ1v) is 13.6. The molecular formula is C20H25BrN2O5S2. The number of nitrogens with one attached hydrogen (secondary N) is 1. The van der Waals surface area contributed by atoms with Crippen LogP contribution in [0.2, 0.25) is 0 Å². The molecule has 0 radical (unpaired) electrons. The molecule has 1 aliphatic heterocycles. The highest BCUT2D eigenvalue weighted by Gasteiger charge is 2.25. The van der Waals surface area contributed by atoms with Gasteiger partial charge in [-0.15, -0.1) is 0 Å². The van der Waals surface area contributed by atoms with Crippen LogP contribution < -0.4 is 9.46 Å². The molecule has 164 valence electrons. The van der Waals surface area contributed by atoms with Crippen LogP contribution in [0, 0.1) is 0 Å². The Morgan fingerprint density at radius 2 is 1.67 bits per heavy atom. The maximum Gasteiger partial charge on any atom is 0.243 e. The van der Waals surface area contributed by atoms with Crippen LogP contribution in [0.3, 0.4) is 0 Å². The normalized spacial score (nSPS) is 15.8. The van der Waals surface area contributed by atoms with Gasteiger partial charge in [0.25, 0.3) is 0 Å². The summed E-state index contributed by atoms with van der Waals surface area (Å²) in [6.07, 6.45) is 2.83. The third-order valence-corrected chi connectivity index (χ3v) is 8.48. The molecule has 0 unspecified atom stereocenters. The zero-order valence-electron chi connectivity index (χ0n) is 16.5. The maximum absolute atomic E-state index is 12.6. The molecule has 30 heavy (non-hydrogen) atoms. The molecule has 0 saturated carbocycles. The number of hydrogen-bond acceptors (Lipinski definition) is 5. The Hall–Kier alpha value is -1.46. The lowest BCUT2D eigenvalue weighted by molar-refractivity contribution is 0.322. The number of ether oxygens (including phenoxy) is 1. The molecule has 7 nitrogen and oxygen atoms in total. The number of piperidine rings is 1. The summed E-state index contributed by atoms with van der Waals surface area (Å²) >= 11 is 3.32. The van der Waals surface area contributed by atoms with Crippen LogP contribution in [0.1, 0.15) is 24.8 Å². The maximum atomic E-state index is 12.6. The van der Waals surface area contributed by atoms with E-state index in [4.69, 9.17) is 4.74 Å². The number of rotatable bonds is 9. The fourth-order valence-electron chi connectivity index (χ4n) is 3.23. The summed E-state index contributed by atoms with van der Waals surface area (Å²) in [6, 6.07) is 13.4. The number of sulfonamides is 2. The predicted octanol–water partition coefficient (Wildman–Crippen LogP) is 3.12. The van der Waals surface area contributed by atoms with Crippen LogP contribution in [0.25, 0.3) is 0 Å². The van der Waals surface area contributed by atoms with E-state index in [9.17, 15) is 16.8 Å². The first kappa shape index (κ1) is 23.2. The topological polar surface area (TPSA) is 92.8 Å². The molecule has 3 rings (SSSR count). The second-order valence-electron chi connectivity index (χ2n) is 7.07. The molecule has 2 aromatic rings. The monoisotopic (exact) mass is 516 g/mol. The number of benzene rings is 2. The smallest absolute Gasteiger partial charge is 0.243 e. The van der Waals surface area contributed by atoms with E-state index < -0.39 is 20.0 Å². The Balaban J connectivity index is 1.48. The second kappa shape index (κ2) is 10.2. The molecule has 0 bridgehead atoms. The molecule has 0 amide bonds. The highest BCUT2D eigenvalue weighted by Crippen LogP contribution is 2.22. The van der Waals surface area contributed by atoms with E-state index in [0.29, 0.717) is 24.4 Å². The van der Waals surface area contributed by atoms with Crippen molar-refractivity contribution in [3.05, 3.63) is 58.6 Å². The van der Waals surface area contributed by atoms with Crippen LogP contribution in [-0.2, 0) is 25.8 Å². The Bertz CT molecular complexity index is 1050. The SMILES string of the molecule is O=S(=O)(Cc1cccc(Br)c1)NCCOc1ccc(S(=O)(=O)N2CCCCC2)cc1. The van der Waals surface area contributed by atoms with Gasteiger partial charge in [0, 0.05) is 24.1 Å². The summed E-state index contributed by atoms with van der Waals surface area (Å²) in [7, 11) is -6.95. The van der Waals surface area contributed by atoms with Gasteiger partial charge in [-0.05, 0) is 54.8 Å². The van der Waals surface area contributed by atoms with E-state index in [1.54, 1.807) is 30.3 Å². The van der Waals surface area contributed by atoms with Crippen molar-refractivity contribution in [2.24, 2.45) is 0 Å². The number of nitrogens with zero attached hydrogens (tertiary/aromatic N) is 1. The van der Waals surface area contributed by atoms with E-state index in [-0.39, 0.29) is 23.8 Å². The molecule has 1 aliphatic rings. The van der Waals surface area contributed by atoms with Gasteiger partial charge in [-0.3, -0.25) is 0 Å². The van der Waals surface area contributed by atoms with Crippen LogP contribution in [0.15, 0.2) is 57.9 Å². The van der Waals surface area contributed by atoms with E-state index in [0.717, 1.165) is 23.7 Å². The molecule has 0 atom stereocenters. The van der Waals surface area contributed by atoms with Crippen LogP contribution in [-0.4, -0.2) is 47.4 Å². The first-order chi connectivity index (χ1) is 14.3. The minimum atomic E-state index is -3.48. The Labute approximate surface area is 186 Å². The van der Waals surface area contributed by atoms with Crippen molar-refractivity contribution < 1.29 is 21.6 Å². The predicted molar refractivity (Wildman–Crippen MR) is 119 cm³/mol. The lowest BCUT2D eigenvalue weighted by atomic mass is 10.2. The minimum Gasteiger partial charge on any atom is -0.492 e. The standard InChI is InChI=1S/C20H25BrN2O5S2/c21-18-6-4-5-17(15-18)16-29(24,25)22-11-14-28-19-7-9-20(10-8-19)30(26,27)23-12-2-1-3-13-23/h4-10,15,22H,1-3,11-14,16H2. The Morgan fingerprint density at radius 1 is 0.967 bits per heavy atom. The van der Waals surface area contributed by atoms with Gasteiger partial charge in [0.1, 0.15) is 12.4 Å². The van der Waals surface area contributed by atoms with Gasteiger partial charge >= 0.3 is 0 Å². The van der Waals surface area contributed by atoms with Gasteiger partial charge in [0.15, 0.2) is 0 Å². The van der Waals surface area contributed by atoms with Crippen molar-refractivity contribution in [1.29, 1.82) is 0 Å². The quantitative estimate of drug-likeness (QED) is 0.516. The van der Waals surface area contributed by atoms with Gasteiger partial charge in [-0.25, -0.2) is 21.6 Å². The average Bonchev–Trinajstić information content (AvgIpc) is 2.72. The minimum absolute atomic E-state index is 0.115. The molecule has 0 spiro atoms. The average molecular weight is 517 g/mol. The molecule has 0 aliphatic carbocycles. The zero-order chi connectivity index (χ0) is 21.6. The molecule has 10 heteroatoms. The fraction of sp³-hybridized carbons (Fsp3) is 0.400. The van der Waals surface area contributed by atoms with Crippen LogP contribution >= 0.6 is 15.9 Å². The molecule has 1 saturated heterocycles. The third kappa shape index (κ3) is 6.52. The van der Waals surface area contributed by atoms with E-state index >= 15 is 0 Å². The molecule has 0 aromatic heterocycles. The summed E-state index contributed by atoms with van der Waals surface area (Å²) in [6.45, 7) is 1.36. The highest BCUT2D eigenvalue weighted by atomic mass is 79.9. The first-order valence-electron chi connectivity index (χ1n) is 9.71. The van der Waals surface area contributed by atoms with Crippen molar-refractivity contribution in [3.8, 4) is 5.75 Å². The van der Waals surface area contributed by atoms with Crippen LogP contribution in [0.5, 0.6) is 5.75 Å². The van der Waals surface area contributed by atoms with Gasteiger partial charge in [-0.1, -0.05) is 34.5 Å². The van der Waals surface area contributed by atoms with Gasteiger partial charge in [-0.2, -0.15) is 4.31 Å². The number of halogens is 1. The summed E-state index contributed by atoms with van der Waals surface area (Å²) < 4.78 is 60.0. The van der Waals surface area contributed by atoms with E-state index in [1.165, 1.54) is 16.4 Å². The van der Waals surface area contributed by atoms with Gasteiger partial charge in [0.05, 0.1) is 10.6 Å². The molecular weight excluding hydrogens is 492 g/mol. The van der Waals surface area contributed by atoms with Gasteiger partial charge < -0.3 is 4.74 Å². The fourth-order valence-corrected chi connectivity index (χ4v) is 6.30. The lowest BCUT2D eigenvalue weighted by Crippen LogP contribution is -2.35. The summed E-state index contributed by atoms with van der Waals surface area (Å²) in [5, 5.41) is 0. The molecule has 1 N–H and O–H groups in total. The van der Waals surface area contributed by atoms with Crippen molar-refractivity contribution >= 4 is 36.0 Å². The zero-order valence-corrected chi connectivity index (χ0v) is 19.7. The van der Waals surface area contributed by atoms with Crippen molar-refractivity contribution in [2.45, 2.75) is 29.9 Å². The van der Waals surface area contributed by atoms with E-state index in [2.05, 4.69) is 20.7 Å². The van der Waals surface area contributed by atoms with Crippen molar-refractivity contribution in [1.82, 2.24) is 9.03 Å². The van der Waals surface area contributed by atoms with E-state index in [1.807, 2.05) is 6.07 Å². The highest BCUT2D eigenvalue weighted by molar-refractivity contribution is 9.10. The molecule has 1 heterocycles. The molecule has 1 fully saturated rings. The largest absolute Gasteiger partial charge is 0.492 e. The summed E-state index contributed by atoms with van der Waals surface area (Å²) in [4.78, 5) is 0.242. The van der Waals surface area contributed by atoms with Crippen molar-refractivity contribution in [3.63, 3.8) is 0 Å². The Morgan fingerprint density at radius 3 is 2.33 bits per heavy atom. The Kier molecular flexibility index (Phi) is 7.92. The second-order valence-corrected chi connectivity index (χ2v) is 11.7. The molecule has 2 aromatic carbocycles. The summed E-state index contributed by atoms with van der Waals surface area (Å²) in [5.74, 6) is 0.369.